The lowest BCUT2D eigenvalue weighted by atomic mass is 9.93. The Hall–Kier alpha value is -1.80. The van der Waals surface area contributed by atoms with E-state index in [0.717, 1.165) is 38.4 Å². The first-order valence-electron chi connectivity index (χ1n) is 9.28. The summed E-state index contributed by atoms with van der Waals surface area (Å²) >= 11 is 0. The van der Waals surface area contributed by atoms with Crippen molar-refractivity contribution in [3.63, 3.8) is 0 Å². The van der Waals surface area contributed by atoms with Crippen LogP contribution in [0.4, 0.5) is 13.2 Å². The fourth-order valence-electron chi connectivity index (χ4n) is 3.15. The van der Waals surface area contributed by atoms with E-state index in [9.17, 15) is 18.0 Å². The van der Waals surface area contributed by atoms with Crippen molar-refractivity contribution >= 4 is 5.91 Å². The molecule has 1 amide bonds. The number of hydrogen-bond acceptors (Lipinski definition) is 4. The number of piperidine rings is 1. The lowest BCUT2D eigenvalue weighted by molar-refractivity contribution is -0.153. The predicted octanol–water partition coefficient (Wildman–Crippen LogP) is 2.57. The third-order valence-corrected chi connectivity index (χ3v) is 4.67. The Morgan fingerprint density at radius 1 is 1.30 bits per heavy atom. The van der Waals surface area contributed by atoms with Gasteiger partial charge in [-0.2, -0.15) is 13.2 Å². The average molecular weight is 387 g/mol. The zero-order chi connectivity index (χ0) is 19.7. The fourth-order valence-corrected chi connectivity index (χ4v) is 3.15. The van der Waals surface area contributed by atoms with E-state index >= 15 is 0 Å². The second kappa shape index (κ2) is 10.5. The van der Waals surface area contributed by atoms with E-state index < -0.39 is 12.8 Å². The van der Waals surface area contributed by atoms with E-state index in [1.807, 2.05) is 7.05 Å². The smallest absolute Gasteiger partial charge is 0.422 e. The van der Waals surface area contributed by atoms with E-state index in [0.29, 0.717) is 12.1 Å². The van der Waals surface area contributed by atoms with Crippen LogP contribution in [0.3, 0.4) is 0 Å². The molecule has 0 radical (unpaired) electrons. The highest BCUT2D eigenvalue weighted by Crippen LogP contribution is 2.20. The molecule has 152 valence electrons. The van der Waals surface area contributed by atoms with E-state index in [4.69, 9.17) is 4.74 Å². The van der Waals surface area contributed by atoms with E-state index in [-0.39, 0.29) is 18.2 Å². The zero-order valence-corrected chi connectivity index (χ0v) is 15.6. The van der Waals surface area contributed by atoms with E-state index in [1.54, 1.807) is 12.1 Å². The van der Waals surface area contributed by atoms with Crippen LogP contribution in [0, 0.1) is 5.92 Å². The zero-order valence-electron chi connectivity index (χ0n) is 15.6. The van der Waals surface area contributed by atoms with Crippen molar-refractivity contribution in [3.05, 3.63) is 29.8 Å². The molecule has 0 aromatic heterocycles. The molecule has 0 aliphatic carbocycles. The molecule has 2 N–H and O–H groups in total. The Kier molecular flexibility index (Phi) is 8.37. The van der Waals surface area contributed by atoms with Crippen molar-refractivity contribution in [2.45, 2.75) is 32.0 Å². The fraction of sp³-hybridized carbons (Fsp3) is 0.632. The highest BCUT2D eigenvalue weighted by Gasteiger charge is 2.28. The van der Waals surface area contributed by atoms with Gasteiger partial charge in [-0.05, 0) is 69.6 Å². The summed E-state index contributed by atoms with van der Waals surface area (Å²) in [6, 6.07) is 6.34. The first kappa shape index (κ1) is 21.5. The van der Waals surface area contributed by atoms with Gasteiger partial charge in [0.05, 0.1) is 6.54 Å². The monoisotopic (exact) mass is 387 g/mol. The van der Waals surface area contributed by atoms with Gasteiger partial charge in [-0.3, -0.25) is 9.69 Å². The minimum absolute atomic E-state index is 0.0784. The summed E-state index contributed by atoms with van der Waals surface area (Å²) in [5.41, 5.74) is 0.703. The number of benzene rings is 1. The molecular weight excluding hydrogens is 359 g/mol. The molecule has 0 bridgehead atoms. The summed E-state index contributed by atoms with van der Waals surface area (Å²) in [6.07, 6.45) is -0.991. The summed E-state index contributed by atoms with van der Waals surface area (Å²) in [6.45, 7) is 2.15. The Balaban J connectivity index is 1.70. The van der Waals surface area contributed by atoms with Crippen molar-refractivity contribution in [2.24, 2.45) is 5.92 Å². The summed E-state index contributed by atoms with van der Waals surface area (Å²) in [4.78, 5) is 14.3. The average Bonchev–Trinajstić information content (AvgIpc) is 2.64. The quantitative estimate of drug-likeness (QED) is 0.684. The molecule has 1 aliphatic rings. The van der Waals surface area contributed by atoms with Gasteiger partial charge in [0.25, 0.3) is 0 Å². The first-order valence-corrected chi connectivity index (χ1v) is 9.28. The number of carbonyl (C=O) groups is 1. The predicted molar refractivity (Wildman–Crippen MR) is 97.5 cm³/mol. The first-order chi connectivity index (χ1) is 12.9. The maximum Gasteiger partial charge on any atom is 0.422 e. The second-order valence-corrected chi connectivity index (χ2v) is 6.94. The van der Waals surface area contributed by atoms with Gasteiger partial charge in [-0.25, -0.2) is 0 Å². The largest absolute Gasteiger partial charge is 0.484 e. The molecule has 2 rings (SSSR count). The number of likely N-dealkylation sites (tertiary alicyclic amines) is 1. The molecule has 5 nitrogen and oxygen atoms in total. The van der Waals surface area contributed by atoms with Gasteiger partial charge in [-0.15, -0.1) is 0 Å². The van der Waals surface area contributed by atoms with Crippen molar-refractivity contribution in [1.29, 1.82) is 0 Å². The summed E-state index contributed by atoms with van der Waals surface area (Å²) in [7, 11) is 1.96. The standard InChI is InChI=1S/C19H28F3N3O2/c1-23-8-5-15-6-9-25(10-7-15)13-18(26)24-12-16-3-2-4-17(11-16)27-14-19(20,21)22/h2-4,11,15,23H,5-10,12-14H2,1H3,(H,24,26). The molecule has 1 aromatic carbocycles. The van der Waals surface area contributed by atoms with Gasteiger partial charge >= 0.3 is 6.18 Å². The number of amides is 1. The molecule has 8 heteroatoms. The number of carbonyl (C=O) groups excluding carboxylic acids is 1. The number of rotatable bonds is 9. The van der Waals surface area contributed by atoms with Crippen LogP contribution in [0.2, 0.25) is 0 Å². The highest BCUT2D eigenvalue weighted by molar-refractivity contribution is 5.78. The summed E-state index contributed by atoms with van der Waals surface area (Å²) in [5.74, 6) is 0.782. The Morgan fingerprint density at radius 2 is 2.04 bits per heavy atom. The molecule has 0 unspecified atom stereocenters. The maximum absolute atomic E-state index is 12.2. The minimum Gasteiger partial charge on any atom is -0.484 e. The number of alkyl halides is 3. The lowest BCUT2D eigenvalue weighted by Gasteiger charge is -2.31. The third-order valence-electron chi connectivity index (χ3n) is 4.67. The van der Waals surface area contributed by atoms with Gasteiger partial charge in [0.1, 0.15) is 5.75 Å². The number of hydrogen-bond donors (Lipinski definition) is 2. The maximum atomic E-state index is 12.2. The number of ether oxygens (including phenoxy) is 1. The van der Waals surface area contributed by atoms with Gasteiger partial charge in [-0.1, -0.05) is 12.1 Å². The van der Waals surface area contributed by atoms with E-state index in [2.05, 4.69) is 15.5 Å². The Bertz CT molecular complexity index is 588. The van der Waals surface area contributed by atoms with Crippen molar-refractivity contribution in [2.75, 3.05) is 39.8 Å². The van der Waals surface area contributed by atoms with Crippen LogP contribution >= 0.6 is 0 Å². The third kappa shape index (κ3) is 8.62. The number of nitrogens with zero attached hydrogens (tertiary/aromatic N) is 1. The SMILES string of the molecule is CNCCC1CCN(CC(=O)NCc2cccc(OCC(F)(F)F)c2)CC1. The van der Waals surface area contributed by atoms with Crippen LogP contribution < -0.4 is 15.4 Å². The molecular formula is C19H28F3N3O2. The molecule has 1 heterocycles. The minimum atomic E-state index is -4.37. The van der Waals surface area contributed by atoms with Gasteiger partial charge in [0.15, 0.2) is 6.61 Å². The normalized spacial score (nSPS) is 16.3. The van der Waals surface area contributed by atoms with E-state index in [1.165, 1.54) is 18.6 Å². The van der Waals surface area contributed by atoms with Crippen LogP contribution in [0.25, 0.3) is 0 Å². The van der Waals surface area contributed by atoms with Gasteiger partial charge in [0, 0.05) is 6.54 Å². The highest BCUT2D eigenvalue weighted by atomic mass is 19.4. The topological polar surface area (TPSA) is 53.6 Å². The van der Waals surface area contributed by atoms with Gasteiger partial charge < -0.3 is 15.4 Å². The van der Waals surface area contributed by atoms with Crippen LogP contribution in [-0.4, -0.2) is 56.8 Å². The molecule has 27 heavy (non-hydrogen) atoms. The summed E-state index contributed by atoms with van der Waals surface area (Å²) < 4.78 is 41.4. The molecule has 0 atom stereocenters. The molecule has 1 aliphatic heterocycles. The van der Waals surface area contributed by atoms with Gasteiger partial charge in [0.2, 0.25) is 5.91 Å². The van der Waals surface area contributed by atoms with Crippen LogP contribution in [-0.2, 0) is 11.3 Å². The van der Waals surface area contributed by atoms with Crippen molar-refractivity contribution in [3.8, 4) is 5.75 Å². The lowest BCUT2D eigenvalue weighted by Crippen LogP contribution is -2.41. The second-order valence-electron chi connectivity index (χ2n) is 6.94. The van der Waals surface area contributed by atoms with Crippen LogP contribution in [0.5, 0.6) is 5.75 Å². The van der Waals surface area contributed by atoms with Crippen LogP contribution in [0.15, 0.2) is 24.3 Å². The van der Waals surface area contributed by atoms with Crippen molar-refractivity contribution in [1.82, 2.24) is 15.5 Å². The molecule has 1 saturated heterocycles. The van der Waals surface area contributed by atoms with Crippen molar-refractivity contribution < 1.29 is 22.7 Å². The Labute approximate surface area is 158 Å². The molecule has 1 fully saturated rings. The summed E-state index contributed by atoms with van der Waals surface area (Å²) in [5, 5.41) is 5.99. The molecule has 1 aromatic rings. The molecule has 0 spiro atoms. The molecule has 0 saturated carbocycles. The van der Waals surface area contributed by atoms with Crippen LogP contribution in [0.1, 0.15) is 24.8 Å². The Morgan fingerprint density at radius 3 is 2.70 bits per heavy atom. The number of nitrogens with one attached hydrogen (secondary N) is 2. The number of halogens is 3.